The Kier molecular flexibility index (Phi) is 4.57. The number of carbonyl (C=O) groups is 2. The summed E-state index contributed by atoms with van der Waals surface area (Å²) in [5.41, 5.74) is 1.81. The van der Waals surface area contributed by atoms with Crippen molar-refractivity contribution in [2.24, 2.45) is 5.92 Å². The molecule has 1 N–H and O–H groups in total. The first-order valence-electron chi connectivity index (χ1n) is 8.78. The minimum atomic E-state index is -0.351. The number of thiophene rings is 1. The van der Waals surface area contributed by atoms with E-state index in [1.165, 1.54) is 11.3 Å². The van der Waals surface area contributed by atoms with Gasteiger partial charge >= 0.3 is 6.09 Å². The normalized spacial score (nSPS) is 16.9. The third kappa shape index (κ3) is 3.40. The molecule has 1 aliphatic heterocycles. The average Bonchev–Trinajstić information content (AvgIpc) is 3.37. The van der Waals surface area contributed by atoms with Crippen molar-refractivity contribution in [2.45, 2.75) is 26.4 Å². The SMILES string of the molecule is CC(C)[C@@H]1COC(=O)N1c1ccc(C(=O)NCc2ccn3ccnc3c2)s1. The van der Waals surface area contributed by atoms with Crippen LogP contribution in [0.5, 0.6) is 0 Å². The Bertz CT molecular complexity index is 994. The van der Waals surface area contributed by atoms with E-state index in [1.54, 1.807) is 23.2 Å². The first-order valence-corrected chi connectivity index (χ1v) is 9.60. The molecule has 27 heavy (non-hydrogen) atoms. The number of anilines is 1. The van der Waals surface area contributed by atoms with Crippen LogP contribution in [0.4, 0.5) is 9.80 Å². The molecule has 4 rings (SSSR count). The highest BCUT2D eigenvalue weighted by molar-refractivity contribution is 7.18. The Morgan fingerprint density at radius 3 is 3.04 bits per heavy atom. The van der Waals surface area contributed by atoms with Crippen LogP contribution in [-0.2, 0) is 11.3 Å². The lowest BCUT2D eigenvalue weighted by molar-refractivity contribution is 0.0955. The Morgan fingerprint density at radius 1 is 1.37 bits per heavy atom. The molecule has 4 heterocycles. The van der Waals surface area contributed by atoms with Gasteiger partial charge in [0.25, 0.3) is 5.91 Å². The smallest absolute Gasteiger partial charge is 0.415 e. The summed E-state index contributed by atoms with van der Waals surface area (Å²) in [6.45, 7) is 4.90. The molecule has 7 nitrogen and oxygen atoms in total. The van der Waals surface area contributed by atoms with Crippen molar-refractivity contribution in [3.8, 4) is 0 Å². The molecule has 140 valence electrons. The van der Waals surface area contributed by atoms with Crippen molar-refractivity contribution in [2.75, 3.05) is 11.5 Å². The summed E-state index contributed by atoms with van der Waals surface area (Å²) in [4.78, 5) is 31.0. The second-order valence-electron chi connectivity index (χ2n) is 6.81. The lowest BCUT2D eigenvalue weighted by Gasteiger charge is -2.22. The highest BCUT2D eigenvalue weighted by atomic mass is 32.1. The van der Waals surface area contributed by atoms with Gasteiger partial charge in [0.05, 0.1) is 10.9 Å². The molecule has 0 aliphatic carbocycles. The number of amides is 2. The molecule has 0 aromatic carbocycles. The molecule has 0 radical (unpaired) electrons. The van der Waals surface area contributed by atoms with Crippen LogP contribution in [0.25, 0.3) is 5.65 Å². The maximum atomic E-state index is 12.5. The first-order chi connectivity index (χ1) is 13.0. The maximum absolute atomic E-state index is 12.5. The Morgan fingerprint density at radius 2 is 2.22 bits per heavy atom. The van der Waals surface area contributed by atoms with Gasteiger partial charge < -0.3 is 14.5 Å². The molecule has 1 saturated heterocycles. The van der Waals surface area contributed by atoms with Gasteiger partial charge in [0, 0.05) is 25.1 Å². The number of imidazole rings is 1. The van der Waals surface area contributed by atoms with Crippen molar-refractivity contribution in [3.05, 3.63) is 53.3 Å². The number of nitrogens with one attached hydrogen (secondary N) is 1. The lowest BCUT2D eigenvalue weighted by atomic mass is 10.1. The molecular formula is C19H20N4O3S. The van der Waals surface area contributed by atoms with E-state index in [1.807, 2.05) is 28.9 Å². The third-order valence-electron chi connectivity index (χ3n) is 4.64. The number of rotatable bonds is 5. The van der Waals surface area contributed by atoms with E-state index in [2.05, 4.69) is 24.1 Å². The van der Waals surface area contributed by atoms with Crippen molar-refractivity contribution in [3.63, 3.8) is 0 Å². The molecule has 3 aromatic heterocycles. The zero-order chi connectivity index (χ0) is 19.0. The molecule has 3 aromatic rings. The number of pyridine rings is 1. The number of nitrogens with zero attached hydrogens (tertiary/aromatic N) is 3. The largest absolute Gasteiger partial charge is 0.447 e. The van der Waals surface area contributed by atoms with Crippen LogP contribution in [0.15, 0.2) is 42.9 Å². The van der Waals surface area contributed by atoms with Gasteiger partial charge in [-0.1, -0.05) is 13.8 Å². The zero-order valence-corrected chi connectivity index (χ0v) is 15.9. The molecule has 1 atom stereocenters. The highest BCUT2D eigenvalue weighted by Crippen LogP contribution is 2.33. The van der Waals surface area contributed by atoms with Crippen LogP contribution in [0.2, 0.25) is 0 Å². The van der Waals surface area contributed by atoms with Gasteiger partial charge in [-0.25, -0.2) is 9.78 Å². The van der Waals surface area contributed by atoms with E-state index < -0.39 is 0 Å². The van der Waals surface area contributed by atoms with Crippen LogP contribution in [-0.4, -0.2) is 34.0 Å². The first kappa shape index (κ1) is 17.5. The lowest BCUT2D eigenvalue weighted by Crippen LogP contribution is -2.36. The van der Waals surface area contributed by atoms with Crippen LogP contribution < -0.4 is 10.2 Å². The molecule has 0 spiro atoms. The van der Waals surface area contributed by atoms with Crippen LogP contribution >= 0.6 is 11.3 Å². The van der Waals surface area contributed by atoms with E-state index in [0.29, 0.717) is 18.0 Å². The molecule has 0 bridgehead atoms. The number of ether oxygens (including phenoxy) is 1. The Labute approximate surface area is 160 Å². The monoisotopic (exact) mass is 384 g/mol. The summed E-state index contributed by atoms with van der Waals surface area (Å²) in [5, 5.41) is 3.66. The van der Waals surface area contributed by atoms with Crippen LogP contribution in [0, 0.1) is 5.92 Å². The Balaban J connectivity index is 1.44. The van der Waals surface area contributed by atoms with Gasteiger partial charge in [-0.2, -0.15) is 0 Å². The Hall–Kier alpha value is -2.87. The molecule has 0 unspecified atom stereocenters. The maximum Gasteiger partial charge on any atom is 0.415 e. The number of carbonyl (C=O) groups excluding carboxylic acids is 2. The number of fused-ring (bicyclic) bond motifs is 1. The summed E-state index contributed by atoms with van der Waals surface area (Å²) >= 11 is 1.30. The van der Waals surface area contributed by atoms with Gasteiger partial charge in [0.1, 0.15) is 17.3 Å². The topological polar surface area (TPSA) is 75.9 Å². The predicted molar refractivity (Wildman–Crippen MR) is 103 cm³/mol. The van der Waals surface area contributed by atoms with Gasteiger partial charge in [0.2, 0.25) is 0 Å². The molecule has 8 heteroatoms. The number of hydrogen-bond donors (Lipinski definition) is 1. The second kappa shape index (κ2) is 7.03. The van der Waals surface area contributed by atoms with Gasteiger partial charge in [-0.3, -0.25) is 9.69 Å². The molecular weight excluding hydrogens is 364 g/mol. The molecule has 0 saturated carbocycles. The van der Waals surface area contributed by atoms with Crippen molar-refractivity contribution in [1.29, 1.82) is 0 Å². The van der Waals surface area contributed by atoms with Crippen molar-refractivity contribution in [1.82, 2.24) is 14.7 Å². The zero-order valence-electron chi connectivity index (χ0n) is 15.1. The fraction of sp³-hybridized carbons (Fsp3) is 0.316. The summed E-state index contributed by atoms with van der Waals surface area (Å²) in [7, 11) is 0. The van der Waals surface area contributed by atoms with Crippen LogP contribution in [0.1, 0.15) is 29.1 Å². The third-order valence-corrected chi connectivity index (χ3v) is 5.73. The van der Waals surface area contributed by atoms with E-state index in [4.69, 9.17) is 4.74 Å². The van der Waals surface area contributed by atoms with Gasteiger partial charge in [-0.15, -0.1) is 11.3 Å². The van der Waals surface area contributed by atoms with E-state index in [0.717, 1.165) is 16.2 Å². The van der Waals surface area contributed by atoms with Gasteiger partial charge in [-0.05, 0) is 35.7 Å². The fourth-order valence-corrected chi connectivity index (χ4v) is 4.06. The standard InChI is InChI=1S/C19H20N4O3S/c1-12(2)14-11-26-19(25)23(14)17-4-3-15(27-17)18(24)21-10-13-5-7-22-8-6-20-16(22)9-13/h3-9,12,14H,10-11H2,1-2H3,(H,21,24)/t14-/m0/s1. The minimum absolute atomic E-state index is 0.00617. The van der Waals surface area contributed by atoms with E-state index in [9.17, 15) is 9.59 Å². The quantitative estimate of drug-likeness (QED) is 0.732. The second-order valence-corrected chi connectivity index (χ2v) is 7.87. The molecule has 2 amide bonds. The molecule has 1 fully saturated rings. The van der Waals surface area contributed by atoms with Crippen molar-refractivity contribution >= 4 is 34.0 Å². The summed E-state index contributed by atoms with van der Waals surface area (Å²) in [5.74, 6) is 0.108. The highest BCUT2D eigenvalue weighted by Gasteiger charge is 2.37. The number of aromatic nitrogens is 2. The number of hydrogen-bond acceptors (Lipinski definition) is 5. The summed E-state index contributed by atoms with van der Waals surface area (Å²) in [6, 6.07) is 7.43. The van der Waals surface area contributed by atoms with Gasteiger partial charge in [0.15, 0.2) is 0 Å². The van der Waals surface area contributed by atoms with Crippen molar-refractivity contribution < 1.29 is 14.3 Å². The predicted octanol–water partition coefficient (Wildman–Crippen LogP) is 3.31. The minimum Gasteiger partial charge on any atom is -0.447 e. The summed E-state index contributed by atoms with van der Waals surface area (Å²) in [6.07, 6.45) is 5.17. The molecule has 1 aliphatic rings. The number of cyclic esters (lactones) is 1. The van der Waals surface area contributed by atoms with Crippen LogP contribution in [0.3, 0.4) is 0 Å². The summed E-state index contributed by atoms with van der Waals surface area (Å²) < 4.78 is 7.10. The average molecular weight is 384 g/mol. The van der Waals surface area contributed by atoms with E-state index in [-0.39, 0.29) is 24.0 Å². The van der Waals surface area contributed by atoms with E-state index >= 15 is 0 Å². The fourth-order valence-electron chi connectivity index (χ4n) is 3.09.